The van der Waals surface area contributed by atoms with Gasteiger partial charge in [-0.1, -0.05) is 31.2 Å². The number of carbonyl (C=O) groups excluding carboxylic acids is 1. The average Bonchev–Trinajstić information content (AvgIpc) is 3.09. The third kappa shape index (κ3) is 2.85. The summed E-state index contributed by atoms with van der Waals surface area (Å²) in [5, 5.41) is 2.75. The van der Waals surface area contributed by atoms with E-state index in [1.807, 2.05) is 18.2 Å². The molecule has 128 valence electrons. The van der Waals surface area contributed by atoms with E-state index in [0.717, 1.165) is 12.0 Å². The first-order chi connectivity index (χ1) is 11.3. The number of rotatable bonds is 4. The summed E-state index contributed by atoms with van der Waals surface area (Å²) in [4.78, 5) is 12.6. The highest BCUT2D eigenvalue weighted by molar-refractivity contribution is 7.89. The smallest absolute Gasteiger partial charge is 0.273 e. The Labute approximate surface area is 141 Å². The number of hydrogen-bond donors (Lipinski definition) is 2. The van der Waals surface area contributed by atoms with Gasteiger partial charge >= 0.3 is 0 Å². The molecule has 24 heavy (non-hydrogen) atoms. The highest BCUT2D eigenvalue weighted by Crippen LogP contribution is 2.36. The molecule has 0 fully saturated rings. The number of aryl methyl sites for hydroxylation is 1. The first kappa shape index (κ1) is 16.7. The summed E-state index contributed by atoms with van der Waals surface area (Å²) < 4.78 is 31.0. The molecule has 2 atom stereocenters. The monoisotopic (exact) mass is 348 g/mol. The number of amides is 1. The molecule has 2 unspecified atom stereocenters. The van der Waals surface area contributed by atoms with Gasteiger partial charge in [-0.2, -0.15) is 0 Å². The van der Waals surface area contributed by atoms with Crippen molar-refractivity contribution >= 4 is 15.9 Å². The van der Waals surface area contributed by atoms with E-state index < -0.39 is 10.0 Å². The first-order valence-electron chi connectivity index (χ1n) is 7.76. The molecule has 6 nitrogen and oxygen atoms in total. The third-order valence-electron chi connectivity index (χ3n) is 4.46. The Bertz CT molecular complexity index is 886. The topological polar surface area (TPSA) is 88.4 Å². The molecule has 1 heterocycles. The normalized spacial score (nSPS) is 20.0. The van der Waals surface area contributed by atoms with Crippen molar-refractivity contribution in [1.82, 2.24) is 10.0 Å². The summed E-state index contributed by atoms with van der Waals surface area (Å²) in [6, 6.07) is 9.21. The highest BCUT2D eigenvalue weighted by atomic mass is 32.2. The van der Waals surface area contributed by atoms with Gasteiger partial charge in [0, 0.05) is 6.07 Å². The summed E-state index contributed by atoms with van der Waals surface area (Å²) in [5.41, 5.74) is 2.58. The Morgan fingerprint density at radius 3 is 2.71 bits per heavy atom. The van der Waals surface area contributed by atoms with Crippen LogP contribution in [0, 0.1) is 12.8 Å². The summed E-state index contributed by atoms with van der Waals surface area (Å²) in [7, 11) is -2.42. The fraction of sp³-hybridized carbons (Fsp3) is 0.353. The Morgan fingerprint density at radius 2 is 2.00 bits per heavy atom. The van der Waals surface area contributed by atoms with E-state index in [4.69, 9.17) is 4.42 Å². The van der Waals surface area contributed by atoms with Crippen molar-refractivity contribution < 1.29 is 17.6 Å². The summed E-state index contributed by atoms with van der Waals surface area (Å²) in [5.74, 6) is 0.224. The lowest BCUT2D eigenvalue weighted by Crippen LogP contribution is -2.30. The Morgan fingerprint density at radius 1 is 1.29 bits per heavy atom. The molecule has 1 aromatic heterocycles. The first-order valence-corrected chi connectivity index (χ1v) is 9.24. The van der Waals surface area contributed by atoms with Crippen molar-refractivity contribution in [2.24, 2.45) is 5.92 Å². The zero-order valence-corrected chi connectivity index (χ0v) is 14.6. The van der Waals surface area contributed by atoms with Crippen molar-refractivity contribution in [3.05, 3.63) is 52.8 Å². The van der Waals surface area contributed by atoms with Gasteiger partial charge in [-0.3, -0.25) is 4.79 Å². The number of nitrogens with one attached hydrogen (secondary N) is 2. The molecule has 1 amide bonds. The van der Waals surface area contributed by atoms with Crippen LogP contribution in [-0.4, -0.2) is 21.4 Å². The van der Waals surface area contributed by atoms with Crippen LogP contribution in [0.1, 0.15) is 40.2 Å². The van der Waals surface area contributed by atoms with Gasteiger partial charge < -0.3 is 9.73 Å². The minimum Gasteiger partial charge on any atom is -0.448 e. The van der Waals surface area contributed by atoms with Crippen LogP contribution in [0.5, 0.6) is 0 Å². The number of benzene rings is 1. The van der Waals surface area contributed by atoms with Crippen LogP contribution in [0.3, 0.4) is 0 Å². The van der Waals surface area contributed by atoms with E-state index in [2.05, 4.69) is 23.0 Å². The van der Waals surface area contributed by atoms with E-state index in [0.29, 0.717) is 0 Å². The molecule has 3 rings (SSSR count). The Kier molecular flexibility index (Phi) is 4.23. The molecule has 1 aliphatic rings. The van der Waals surface area contributed by atoms with Crippen LogP contribution in [0.4, 0.5) is 0 Å². The number of hydrogen-bond acceptors (Lipinski definition) is 4. The maximum Gasteiger partial charge on any atom is 0.273 e. The van der Waals surface area contributed by atoms with Crippen molar-refractivity contribution in [2.75, 3.05) is 7.05 Å². The maximum atomic E-state index is 12.6. The molecule has 0 bridgehead atoms. The molecule has 0 radical (unpaired) electrons. The zero-order chi connectivity index (χ0) is 17.5. The third-order valence-corrected chi connectivity index (χ3v) is 5.73. The summed E-state index contributed by atoms with van der Waals surface area (Å²) in [6.45, 7) is 3.67. The number of carbonyl (C=O) groups is 1. The van der Waals surface area contributed by atoms with E-state index in [9.17, 15) is 13.2 Å². The van der Waals surface area contributed by atoms with Crippen LogP contribution in [0.25, 0.3) is 0 Å². The maximum absolute atomic E-state index is 12.6. The fourth-order valence-electron chi connectivity index (χ4n) is 3.15. The van der Waals surface area contributed by atoms with Crippen molar-refractivity contribution in [3.63, 3.8) is 0 Å². The molecule has 1 aliphatic carbocycles. The van der Waals surface area contributed by atoms with Crippen LogP contribution in [0.2, 0.25) is 0 Å². The van der Waals surface area contributed by atoms with Gasteiger partial charge in [-0.05, 0) is 37.4 Å². The Hall–Kier alpha value is -2.12. The predicted molar refractivity (Wildman–Crippen MR) is 89.2 cm³/mol. The second-order valence-corrected chi connectivity index (χ2v) is 7.89. The van der Waals surface area contributed by atoms with Crippen LogP contribution in [-0.2, 0) is 16.4 Å². The van der Waals surface area contributed by atoms with Gasteiger partial charge in [0.25, 0.3) is 15.9 Å². The molecular weight excluding hydrogens is 328 g/mol. The van der Waals surface area contributed by atoms with Gasteiger partial charge in [0.2, 0.25) is 5.09 Å². The molecule has 2 N–H and O–H groups in total. The molecule has 0 saturated heterocycles. The van der Waals surface area contributed by atoms with Gasteiger partial charge in [0.15, 0.2) is 0 Å². The lowest BCUT2D eigenvalue weighted by molar-refractivity contribution is 0.0925. The van der Waals surface area contributed by atoms with Crippen molar-refractivity contribution in [3.8, 4) is 0 Å². The van der Waals surface area contributed by atoms with Crippen molar-refractivity contribution in [1.29, 1.82) is 0 Å². The molecule has 0 spiro atoms. The van der Waals surface area contributed by atoms with Crippen molar-refractivity contribution in [2.45, 2.75) is 31.4 Å². The number of furan rings is 1. The molecular formula is C17H20N2O4S. The number of fused-ring (bicyclic) bond motifs is 1. The van der Waals surface area contributed by atoms with E-state index in [-0.39, 0.29) is 34.3 Å². The van der Waals surface area contributed by atoms with E-state index >= 15 is 0 Å². The SMILES string of the molecule is CNS(=O)(=O)c1cc(C(=O)NC2c3ccccc3CC2C)c(C)o1. The quantitative estimate of drug-likeness (QED) is 0.886. The molecule has 7 heteroatoms. The second-order valence-electron chi connectivity index (χ2n) is 6.07. The highest BCUT2D eigenvalue weighted by Gasteiger charge is 2.31. The largest absolute Gasteiger partial charge is 0.448 e. The summed E-state index contributed by atoms with van der Waals surface area (Å²) >= 11 is 0. The minimum atomic E-state index is -3.72. The molecule has 2 aromatic rings. The van der Waals surface area contributed by atoms with Gasteiger partial charge in [-0.25, -0.2) is 13.1 Å². The average molecular weight is 348 g/mol. The van der Waals surface area contributed by atoms with E-state index in [1.165, 1.54) is 18.7 Å². The summed E-state index contributed by atoms with van der Waals surface area (Å²) in [6.07, 6.45) is 0.908. The van der Waals surface area contributed by atoms with Gasteiger partial charge in [0.05, 0.1) is 11.6 Å². The van der Waals surface area contributed by atoms with Crippen LogP contribution < -0.4 is 10.0 Å². The van der Waals surface area contributed by atoms with Crippen LogP contribution >= 0.6 is 0 Å². The Balaban J connectivity index is 1.86. The fourth-order valence-corrected chi connectivity index (χ4v) is 3.86. The predicted octanol–water partition coefficient (Wildman–Crippen LogP) is 2.16. The molecule has 0 saturated carbocycles. The molecule has 1 aromatic carbocycles. The van der Waals surface area contributed by atoms with Crippen LogP contribution in [0.15, 0.2) is 39.8 Å². The minimum absolute atomic E-state index is 0.0904. The lowest BCUT2D eigenvalue weighted by Gasteiger charge is -2.18. The number of sulfonamides is 1. The van der Waals surface area contributed by atoms with E-state index in [1.54, 1.807) is 6.92 Å². The van der Waals surface area contributed by atoms with Gasteiger partial charge in [-0.15, -0.1) is 0 Å². The van der Waals surface area contributed by atoms with Gasteiger partial charge in [0.1, 0.15) is 5.76 Å². The standard InChI is InChI=1S/C17H20N2O4S/c1-10-8-12-6-4-5-7-13(12)16(10)19-17(20)14-9-15(23-11(14)2)24(21,22)18-3/h4-7,9-10,16,18H,8H2,1-3H3,(H,19,20). The zero-order valence-electron chi connectivity index (χ0n) is 13.8. The molecule has 0 aliphatic heterocycles. The lowest BCUT2D eigenvalue weighted by atomic mass is 10.0. The second kappa shape index (κ2) is 6.07.